The third-order valence-electron chi connectivity index (χ3n) is 13.8. The van der Waals surface area contributed by atoms with E-state index in [9.17, 15) is 14.0 Å². The molecular formula is C58H49F2N15O4. The molecule has 0 bridgehead atoms. The van der Waals surface area contributed by atoms with E-state index in [1.807, 2.05) is 91.5 Å². The number of H-pyrrole nitrogens is 1. The highest BCUT2D eigenvalue weighted by molar-refractivity contribution is 6.10. The van der Waals surface area contributed by atoms with E-state index >= 15 is 4.39 Å². The molecule has 21 heteroatoms. The minimum atomic E-state index is -1.10. The number of benzene rings is 4. The zero-order valence-electron chi connectivity index (χ0n) is 42.9. The summed E-state index contributed by atoms with van der Waals surface area (Å²) in [6.45, 7) is 2.65. The van der Waals surface area contributed by atoms with Gasteiger partial charge < -0.3 is 45.2 Å². The van der Waals surface area contributed by atoms with Crippen LogP contribution in [-0.2, 0) is 36.0 Å². The molecule has 12 rings (SSSR count). The van der Waals surface area contributed by atoms with E-state index in [0.29, 0.717) is 83.6 Å². The first kappa shape index (κ1) is 49.8. The molecule has 6 aromatic heterocycles. The highest BCUT2D eigenvalue weighted by Gasteiger charge is 2.29. The van der Waals surface area contributed by atoms with Crippen molar-refractivity contribution in [2.75, 3.05) is 54.6 Å². The van der Waals surface area contributed by atoms with Gasteiger partial charge in [-0.1, -0.05) is 42.5 Å². The number of aryl methyl sites for hydroxylation is 2. The van der Waals surface area contributed by atoms with Crippen LogP contribution < -0.4 is 30.7 Å². The average molecular weight is 1060 g/mol. The average Bonchev–Trinajstić information content (AvgIpc) is 4.17. The van der Waals surface area contributed by atoms with Gasteiger partial charge in [0.1, 0.15) is 41.3 Å². The van der Waals surface area contributed by atoms with Gasteiger partial charge in [0.05, 0.1) is 22.2 Å². The third kappa shape index (κ3) is 10.0. The fourth-order valence-corrected chi connectivity index (χ4v) is 10.1. The standard InChI is InChI=1S/C58H49F2N15O4/c1-32-18-22-62-57(69-32)79-43-17-16-41-42(50(43)60)29-64-53-48-46(41)51(73-55(48)67-30-65-53)33-6-10-36(11-7-33)70-44(76)5-4-25-74(2)26-21-38-20-24-63-58(72-38)78-39-14-15-40-35(27-39)19-23-61-54-49-47(40)52(75(3)56(49)68-31-66-54)34-8-12-37(13-9-34)71-45(77)28-59/h4-18,20,22,24,27,30-31H,19,21,23,25-26,28-29H2,1-3H3,(H,70,76)(H,71,77)(H,61,66,68)(H2,64,65,67,73)/b5-4+. The Morgan fingerprint density at radius 1 is 0.785 bits per heavy atom. The van der Waals surface area contributed by atoms with Crippen molar-refractivity contribution in [2.45, 2.75) is 26.3 Å². The van der Waals surface area contributed by atoms with E-state index in [1.165, 1.54) is 12.4 Å². The van der Waals surface area contributed by atoms with Crippen molar-refractivity contribution in [3.05, 3.63) is 157 Å². The maximum absolute atomic E-state index is 16.3. The summed E-state index contributed by atoms with van der Waals surface area (Å²) < 4.78 is 43.3. The first-order valence-corrected chi connectivity index (χ1v) is 25.4. The van der Waals surface area contributed by atoms with Gasteiger partial charge in [-0.3, -0.25) is 9.59 Å². The summed E-state index contributed by atoms with van der Waals surface area (Å²) in [5.41, 5.74) is 12.0. The summed E-state index contributed by atoms with van der Waals surface area (Å²) in [4.78, 5) is 66.1. The van der Waals surface area contributed by atoms with Gasteiger partial charge in [-0.05, 0) is 103 Å². The maximum atomic E-state index is 16.3. The molecule has 2 aliphatic rings. The van der Waals surface area contributed by atoms with Crippen molar-refractivity contribution in [1.82, 2.24) is 54.3 Å². The normalized spacial score (nSPS) is 12.5. The molecule has 0 radical (unpaired) electrons. The van der Waals surface area contributed by atoms with Gasteiger partial charge in [0.15, 0.2) is 18.2 Å². The van der Waals surface area contributed by atoms with Crippen LogP contribution in [0.1, 0.15) is 22.5 Å². The molecule has 2 aliphatic heterocycles. The number of likely N-dealkylation sites (N-methyl/N-ethyl adjacent to an activating group) is 1. The molecule has 2 amide bonds. The molecular weight excluding hydrogens is 1010 g/mol. The Bertz CT molecular complexity index is 4030. The van der Waals surface area contributed by atoms with Crippen LogP contribution in [0.5, 0.6) is 23.5 Å². The summed E-state index contributed by atoms with van der Waals surface area (Å²) in [5, 5.41) is 13.9. The van der Waals surface area contributed by atoms with E-state index < -0.39 is 18.4 Å². The molecule has 10 aromatic rings. The Kier molecular flexibility index (Phi) is 13.4. The third-order valence-corrected chi connectivity index (χ3v) is 13.8. The minimum Gasteiger partial charge on any atom is -0.424 e. The number of amides is 2. The molecule has 0 unspecified atom stereocenters. The fraction of sp³-hybridized carbons (Fsp3) is 0.172. The molecule has 0 spiro atoms. The van der Waals surface area contributed by atoms with E-state index in [0.717, 1.165) is 67.0 Å². The maximum Gasteiger partial charge on any atom is 0.322 e. The summed E-state index contributed by atoms with van der Waals surface area (Å²) in [7, 11) is 3.93. The summed E-state index contributed by atoms with van der Waals surface area (Å²) >= 11 is 0. The van der Waals surface area contributed by atoms with Gasteiger partial charge in [-0.15, -0.1) is 0 Å². The van der Waals surface area contributed by atoms with E-state index in [1.54, 1.807) is 49.9 Å². The molecule has 79 heavy (non-hydrogen) atoms. The van der Waals surface area contributed by atoms with Gasteiger partial charge in [-0.25, -0.2) is 43.7 Å². The quantitative estimate of drug-likeness (QED) is 0.0602. The first-order valence-electron chi connectivity index (χ1n) is 25.4. The number of hydrogen-bond donors (Lipinski definition) is 5. The van der Waals surface area contributed by atoms with E-state index in [-0.39, 0.29) is 30.2 Å². The van der Waals surface area contributed by atoms with Crippen LogP contribution in [-0.4, -0.2) is 99.5 Å². The van der Waals surface area contributed by atoms with Gasteiger partial charge in [0.2, 0.25) is 5.91 Å². The second kappa shape index (κ2) is 21.2. The monoisotopic (exact) mass is 1060 g/mol. The number of carbonyl (C=O) groups is 2. The molecule has 4 aromatic carbocycles. The zero-order valence-corrected chi connectivity index (χ0v) is 42.9. The lowest BCUT2D eigenvalue weighted by Crippen LogP contribution is -2.22. The Morgan fingerprint density at radius 3 is 2.32 bits per heavy atom. The lowest BCUT2D eigenvalue weighted by Gasteiger charge is -2.18. The number of hydrogen-bond acceptors (Lipinski definition) is 15. The van der Waals surface area contributed by atoms with Crippen molar-refractivity contribution >= 4 is 56.9 Å². The number of aromatic amines is 1. The molecule has 0 fully saturated rings. The lowest BCUT2D eigenvalue weighted by molar-refractivity contribution is -0.117. The van der Waals surface area contributed by atoms with Crippen LogP contribution in [0, 0.1) is 12.7 Å². The van der Waals surface area contributed by atoms with Crippen LogP contribution in [0.4, 0.5) is 31.8 Å². The lowest BCUT2D eigenvalue weighted by atomic mass is 9.92. The molecule has 394 valence electrons. The van der Waals surface area contributed by atoms with Crippen molar-refractivity contribution in [3.8, 4) is 68.3 Å². The van der Waals surface area contributed by atoms with Gasteiger partial charge >= 0.3 is 12.0 Å². The number of anilines is 4. The number of alkyl halides is 1. The topological polar surface area (TPSA) is 228 Å². The Morgan fingerprint density at radius 2 is 1.52 bits per heavy atom. The zero-order chi connectivity index (χ0) is 54.1. The summed E-state index contributed by atoms with van der Waals surface area (Å²) in [6.07, 6.45) is 10.8. The molecule has 0 saturated carbocycles. The number of carbonyl (C=O) groups excluding carboxylic acids is 2. The number of rotatable bonds is 15. The number of aromatic nitrogens is 10. The van der Waals surface area contributed by atoms with Crippen molar-refractivity contribution in [2.24, 2.45) is 7.05 Å². The molecule has 8 heterocycles. The highest BCUT2D eigenvalue weighted by atomic mass is 19.1. The molecule has 5 N–H and O–H groups in total. The highest BCUT2D eigenvalue weighted by Crippen LogP contribution is 2.47. The minimum absolute atomic E-state index is 0.00205. The molecule has 19 nitrogen and oxygen atoms in total. The van der Waals surface area contributed by atoms with Crippen LogP contribution in [0.15, 0.2) is 128 Å². The second-order valence-electron chi connectivity index (χ2n) is 19.0. The van der Waals surface area contributed by atoms with Gasteiger partial charge in [0.25, 0.3) is 5.91 Å². The van der Waals surface area contributed by atoms with Crippen molar-refractivity contribution in [3.63, 3.8) is 0 Å². The summed E-state index contributed by atoms with van der Waals surface area (Å²) in [5.74, 6) is 0.356. The van der Waals surface area contributed by atoms with Crippen LogP contribution in [0.2, 0.25) is 0 Å². The number of nitrogens with one attached hydrogen (secondary N) is 5. The van der Waals surface area contributed by atoms with E-state index in [4.69, 9.17) is 14.5 Å². The van der Waals surface area contributed by atoms with Crippen LogP contribution in [0.3, 0.4) is 0 Å². The number of halogens is 2. The predicted octanol–water partition coefficient (Wildman–Crippen LogP) is 9.99. The van der Waals surface area contributed by atoms with Crippen LogP contribution >= 0.6 is 0 Å². The van der Waals surface area contributed by atoms with Crippen molar-refractivity contribution < 1.29 is 27.8 Å². The predicted molar refractivity (Wildman–Crippen MR) is 296 cm³/mol. The number of nitrogens with zero attached hydrogens (tertiary/aromatic N) is 10. The Labute approximate surface area is 450 Å². The Balaban J connectivity index is 0.680. The SMILES string of the molecule is Cc1ccnc(Oc2ccc3c(c2F)CNc2ncnc4[nH]c(-c5ccc(NC(=O)/C=C/CN(C)CCc6ccnc(Oc7ccc8c(c7)CCNc7ncnc9c7c-8c(-c7ccc(NC(=O)CF)cc7)n9C)n6)cc5)c-3c24)n1. The molecule has 0 saturated heterocycles. The Hall–Kier alpha value is -10.0. The van der Waals surface area contributed by atoms with Gasteiger partial charge in [0, 0.05) is 97.6 Å². The van der Waals surface area contributed by atoms with Crippen molar-refractivity contribution in [1.29, 1.82) is 0 Å². The summed E-state index contributed by atoms with van der Waals surface area (Å²) in [6, 6.07) is 27.9. The van der Waals surface area contributed by atoms with E-state index in [2.05, 4.69) is 66.0 Å². The fourth-order valence-electron chi connectivity index (χ4n) is 10.1. The second-order valence-corrected chi connectivity index (χ2v) is 19.0. The largest absolute Gasteiger partial charge is 0.424 e. The smallest absolute Gasteiger partial charge is 0.322 e. The number of fused-ring (bicyclic) bond motifs is 4. The van der Waals surface area contributed by atoms with Crippen LogP contribution in [0.25, 0.3) is 66.8 Å². The molecule has 0 aliphatic carbocycles. The number of ether oxygens (including phenoxy) is 2. The first-order chi connectivity index (χ1) is 38.5. The van der Waals surface area contributed by atoms with Gasteiger partial charge in [-0.2, -0.15) is 4.98 Å². The molecule has 0 atom stereocenters.